The van der Waals surface area contributed by atoms with Gasteiger partial charge in [-0.25, -0.2) is 4.98 Å². The first kappa shape index (κ1) is 15.3. The molecule has 0 amide bonds. The third-order valence-corrected chi connectivity index (χ3v) is 5.16. The van der Waals surface area contributed by atoms with Crippen molar-refractivity contribution >= 4 is 5.82 Å². The highest BCUT2D eigenvalue weighted by molar-refractivity contribution is 5.47. The summed E-state index contributed by atoms with van der Waals surface area (Å²) in [6.45, 7) is 4.40. The van der Waals surface area contributed by atoms with Crippen molar-refractivity contribution < 1.29 is 0 Å². The van der Waals surface area contributed by atoms with Gasteiger partial charge in [0.15, 0.2) is 0 Å². The van der Waals surface area contributed by atoms with Crippen LogP contribution in [0.15, 0.2) is 12.3 Å². The molecule has 0 radical (unpaired) electrons. The number of nitrogens with zero attached hydrogens (tertiary/aromatic N) is 2. The van der Waals surface area contributed by atoms with Crippen LogP contribution >= 0.6 is 0 Å². The van der Waals surface area contributed by atoms with Gasteiger partial charge in [0, 0.05) is 17.3 Å². The minimum absolute atomic E-state index is 0.00553. The molecule has 112 valence electrons. The molecule has 1 heterocycles. The molecule has 1 atom stereocenters. The van der Waals surface area contributed by atoms with E-state index in [1.54, 1.807) is 6.20 Å². The minimum Gasteiger partial charge on any atom is -0.383 e. The van der Waals surface area contributed by atoms with Crippen LogP contribution in [-0.4, -0.2) is 29.5 Å². The highest BCUT2D eigenvalue weighted by atomic mass is 15.2. The standard InChI is InChI=1S/C16H28N4/c1-11-5-8-16(9-6-11,20(3)4)14(17)13-12(2)7-10-19-15(13)18/h7,10-11,14H,5-6,8-9,17H2,1-4H3,(H2,18,19). The molecule has 0 aliphatic heterocycles. The Morgan fingerprint density at radius 2 is 1.95 bits per heavy atom. The van der Waals surface area contributed by atoms with Crippen LogP contribution < -0.4 is 11.5 Å². The van der Waals surface area contributed by atoms with Crippen LogP contribution in [0.25, 0.3) is 0 Å². The molecule has 1 saturated carbocycles. The van der Waals surface area contributed by atoms with Crippen LogP contribution in [0.3, 0.4) is 0 Å². The van der Waals surface area contributed by atoms with Crippen molar-refractivity contribution in [1.29, 1.82) is 0 Å². The Hall–Kier alpha value is -1.13. The predicted octanol–water partition coefficient (Wildman–Crippen LogP) is 2.48. The van der Waals surface area contributed by atoms with E-state index in [9.17, 15) is 0 Å². The zero-order chi connectivity index (χ0) is 14.9. The molecular formula is C16H28N4. The highest BCUT2D eigenvalue weighted by Crippen LogP contribution is 2.44. The second-order valence-electron chi connectivity index (χ2n) is 6.58. The third kappa shape index (κ3) is 2.54. The van der Waals surface area contributed by atoms with Crippen molar-refractivity contribution in [1.82, 2.24) is 9.88 Å². The first-order valence-corrected chi connectivity index (χ1v) is 7.52. The number of aryl methyl sites for hydroxylation is 1. The summed E-state index contributed by atoms with van der Waals surface area (Å²) in [6, 6.07) is 1.92. The van der Waals surface area contributed by atoms with E-state index in [0.29, 0.717) is 5.82 Å². The number of nitrogens with two attached hydrogens (primary N) is 2. The fraction of sp³-hybridized carbons (Fsp3) is 0.688. The lowest BCUT2D eigenvalue weighted by atomic mass is 9.70. The van der Waals surface area contributed by atoms with E-state index in [-0.39, 0.29) is 11.6 Å². The number of likely N-dealkylation sites (N-methyl/N-ethyl adjacent to an activating group) is 1. The fourth-order valence-corrected chi connectivity index (χ4v) is 3.56. The van der Waals surface area contributed by atoms with Crippen LogP contribution in [0.2, 0.25) is 0 Å². The zero-order valence-electron chi connectivity index (χ0n) is 13.2. The second-order valence-corrected chi connectivity index (χ2v) is 6.58. The maximum Gasteiger partial charge on any atom is 0.128 e. The van der Waals surface area contributed by atoms with Gasteiger partial charge in [0.1, 0.15) is 5.82 Å². The Morgan fingerprint density at radius 1 is 1.35 bits per heavy atom. The molecule has 1 aromatic rings. The molecule has 1 unspecified atom stereocenters. The number of pyridine rings is 1. The van der Waals surface area contributed by atoms with Crippen LogP contribution in [0.4, 0.5) is 5.82 Å². The van der Waals surface area contributed by atoms with Gasteiger partial charge in [-0.05, 0) is 64.3 Å². The predicted molar refractivity (Wildman–Crippen MR) is 84.4 cm³/mol. The molecule has 4 N–H and O–H groups in total. The molecule has 1 aliphatic carbocycles. The van der Waals surface area contributed by atoms with E-state index in [0.717, 1.165) is 29.9 Å². The Balaban J connectivity index is 2.40. The number of aromatic nitrogens is 1. The fourth-order valence-electron chi connectivity index (χ4n) is 3.56. The molecule has 0 aromatic carbocycles. The van der Waals surface area contributed by atoms with E-state index >= 15 is 0 Å². The van der Waals surface area contributed by atoms with Gasteiger partial charge in [0.05, 0.1) is 6.04 Å². The Bertz CT molecular complexity index is 441. The van der Waals surface area contributed by atoms with E-state index in [2.05, 4.69) is 37.8 Å². The van der Waals surface area contributed by atoms with E-state index < -0.39 is 0 Å². The van der Waals surface area contributed by atoms with Crippen LogP contribution in [0.1, 0.15) is 49.8 Å². The zero-order valence-corrected chi connectivity index (χ0v) is 13.2. The maximum atomic E-state index is 6.69. The minimum atomic E-state index is -0.0845. The first-order chi connectivity index (χ1) is 9.38. The summed E-state index contributed by atoms with van der Waals surface area (Å²) in [6.07, 6.45) is 6.45. The molecule has 4 nitrogen and oxygen atoms in total. The van der Waals surface area contributed by atoms with Gasteiger partial charge >= 0.3 is 0 Å². The lowest BCUT2D eigenvalue weighted by Gasteiger charge is -2.49. The summed E-state index contributed by atoms with van der Waals surface area (Å²) < 4.78 is 0. The largest absolute Gasteiger partial charge is 0.383 e. The van der Waals surface area contributed by atoms with Gasteiger partial charge in [-0.2, -0.15) is 0 Å². The number of hydrogen-bond acceptors (Lipinski definition) is 4. The average Bonchev–Trinajstić information content (AvgIpc) is 2.39. The number of nitrogen functional groups attached to an aromatic ring is 1. The van der Waals surface area contributed by atoms with Crippen molar-refractivity contribution in [2.24, 2.45) is 11.7 Å². The first-order valence-electron chi connectivity index (χ1n) is 7.52. The molecule has 0 bridgehead atoms. The van der Waals surface area contributed by atoms with Crippen LogP contribution in [0, 0.1) is 12.8 Å². The topological polar surface area (TPSA) is 68.2 Å². The van der Waals surface area contributed by atoms with Crippen LogP contribution in [0.5, 0.6) is 0 Å². The monoisotopic (exact) mass is 276 g/mol. The molecule has 1 aliphatic rings. The van der Waals surface area contributed by atoms with E-state index in [1.807, 2.05) is 6.07 Å². The van der Waals surface area contributed by atoms with Gasteiger partial charge in [0.2, 0.25) is 0 Å². The van der Waals surface area contributed by atoms with Gasteiger partial charge in [0.25, 0.3) is 0 Å². The summed E-state index contributed by atoms with van der Waals surface area (Å²) in [5.41, 5.74) is 15.0. The smallest absolute Gasteiger partial charge is 0.128 e. The van der Waals surface area contributed by atoms with Crippen LogP contribution in [-0.2, 0) is 0 Å². The molecule has 0 spiro atoms. The lowest BCUT2D eigenvalue weighted by Crippen LogP contribution is -2.54. The maximum absolute atomic E-state index is 6.69. The molecule has 20 heavy (non-hydrogen) atoms. The summed E-state index contributed by atoms with van der Waals surface area (Å²) in [5, 5.41) is 0. The lowest BCUT2D eigenvalue weighted by molar-refractivity contribution is 0.0564. The van der Waals surface area contributed by atoms with Crippen molar-refractivity contribution in [2.75, 3.05) is 19.8 Å². The highest BCUT2D eigenvalue weighted by Gasteiger charge is 2.43. The van der Waals surface area contributed by atoms with E-state index in [4.69, 9.17) is 11.5 Å². The molecule has 0 saturated heterocycles. The van der Waals surface area contributed by atoms with Crippen molar-refractivity contribution in [3.8, 4) is 0 Å². The normalized spacial score (nSPS) is 28.6. The van der Waals surface area contributed by atoms with E-state index in [1.165, 1.54) is 12.8 Å². The number of hydrogen-bond donors (Lipinski definition) is 2. The molecule has 1 aromatic heterocycles. The number of anilines is 1. The quantitative estimate of drug-likeness (QED) is 0.890. The summed E-state index contributed by atoms with van der Waals surface area (Å²) >= 11 is 0. The molecule has 1 fully saturated rings. The van der Waals surface area contributed by atoms with Gasteiger partial charge in [-0.1, -0.05) is 6.92 Å². The average molecular weight is 276 g/mol. The van der Waals surface area contributed by atoms with Gasteiger partial charge in [-0.3, -0.25) is 0 Å². The Kier molecular flexibility index (Phi) is 4.35. The Labute approximate surface area is 122 Å². The summed E-state index contributed by atoms with van der Waals surface area (Å²) in [7, 11) is 4.27. The van der Waals surface area contributed by atoms with Crippen molar-refractivity contribution in [3.63, 3.8) is 0 Å². The van der Waals surface area contributed by atoms with Crippen molar-refractivity contribution in [2.45, 2.75) is 51.1 Å². The molecule has 4 heteroatoms. The molecular weight excluding hydrogens is 248 g/mol. The van der Waals surface area contributed by atoms with Crippen molar-refractivity contribution in [3.05, 3.63) is 23.4 Å². The summed E-state index contributed by atoms with van der Waals surface area (Å²) in [5.74, 6) is 1.37. The van der Waals surface area contributed by atoms with Gasteiger partial charge < -0.3 is 16.4 Å². The summed E-state index contributed by atoms with van der Waals surface area (Å²) in [4.78, 5) is 6.54. The van der Waals surface area contributed by atoms with Gasteiger partial charge in [-0.15, -0.1) is 0 Å². The number of rotatable bonds is 3. The second kappa shape index (κ2) is 5.70. The third-order valence-electron chi connectivity index (χ3n) is 5.16. The molecule has 2 rings (SSSR count). The SMILES string of the molecule is Cc1ccnc(N)c1C(N)C1(N(C)C)CCC(C)CC1. The Morgan fingerprint density at radius 3 is 2.45 bits per heavy atom.